The first kappa shape index (κ1) is 14.0. The fourth-order valence-electron chi connectivity index (χ4n) is 2.50. The molecular weight excluding hydrogens is 238 g/mol. The fourth-order valence-corrected chi connectivity index (χ4v) is 3.80. The van der Waals surface area contributed by atoms with Crippen molar-refractivity contribution < 1.29 is 0 Å². The van der Waals surface area contributed by atoms with Crippen LogP contribution >= 0.6 is 11.8 Å². The Labute approximate surface area is 116 Å². The van der Waals surface area contributed by atoms with Crippen molar-refractivity contribution in [1.29, 1.82) is 0 Å². The summed E-state index contributed by atoms with van der Waals surface area (Å²) in [7, 11) is 0. The van der Waals surface area contributed by atoms with Crippen molar-refractivity contribution in [2.75, 3.05) is 18.8 Å². The number of benzene rings is 1. The highest BCUT2D eigenvalue weighted by Crippen LogP contribution is 2.41. The van der Waals surface area contributed by atoms with E-state index in [0.717, 1.165) is 18.4 Å². The zero-order chi connectivity index (χ0) is 12.8. The summed E-state index contributed by atoms with van der Waals surface area (Å²) in [5.74, 6) is 2.86. The lowest BCUT2D eigenvalue weighted by molar-refractivity contribution is 0.521. The van der Waals surface area contributed by atoms with E-state index >= 15 is 0 Å². The third kappa shape index (κ3) is 4.03. The van der Waals surface area contributed by atoms with E-state index in [-0.39, 0.29) is 0 Å². The van der Waals surface area contributed by atoms with Crippen molar-refractivity contribution in [3.05, 3.63) is 29.8 Å². The molecule has 1 aliphatic heterocycles. The predicted molar refractivity (Wildman–Crippen MR) is 81.5 cm³/mol. The van der Waals surface area contributed by atoms with E-state index in [4.69, 9.17) is 0 Å². The molecule has 100 valence electrons. The molecule has 1 N–H and O–H groups in total. The Kier molecular flexibility index (Phi) is 5.58. The number of nitrogens with one attached hydrogen (secondary N) is 1. The molecule has 0 spiro atoms. The van der Waals surface area contributed by atoms with Crippen molar-refractivity contribution in [3.8, 4) is 0 Å². The Morgan fingerprint density at radius 3 is 2.94 bits per heavy atom. The standard InChI is InChI=1S/C16H25NS/c1-13(2)11-17-10-6-5-7-14-12-18-16-9-4-3-8-15(14)16/h3-4,8-9,13-14,17H,5-7,10-12H2,1-2H3. The zero-order valence-electron chi connectivity index (χ0n) is 11.6. The molecule has 1 aromatic carbocycles. The predicted octanol–water partition coefficient (Wildman–Crippen LogP) is 4.29. The molecule has 1 nitrogen and oxygen atoms in total. The average molecular weight is 263 g/mol. The van der Waals surface area contributed by atoms with Gasteiger partial charge in [-0.25, -0.2) is 0 Å². The molecular formula is C16H25NS. The molecule has 1 unspecified atom stereocenters. The fraction of sp³-hybridized carbons (Fsp3) is 0.625. The van der Waals surface area contributed by atoms with Gasteiger partial charge in [0.25, 0.3) is 0 Å². The van der Waals surface area contributed by atoms with Crippen LogP contribution in [0.4, 0.5) is 0 Å². The average Bonchev–Trinajstić information content (AvgIpc) is 2.77. The molecule has 1 aromatic rings. The molecule has 0 amide bonds. The molecule has 1 heterocycles. The molecule has 0 saturated carbocycles. The lowest BCUT2D eigenvalue weighted by Crippen LogP contribution is -2.20. The van der Waals surface area contributed by atoms with Crippen LogP contribution in [0.3, 0.4) is 0 Å². The second kappa shape index (κ2) is 7.20. The summed E-state index contributed by atoms with van der Waals surface area (Å²) >= 11 is 2.03. The first-order valence-electron chi connectivity index (χ1n) is 7.20. The molecule has 0 fully saturated rings. The van der Waals surface area contributed by atoms with Crippen LogP contribution in [0.2, 0.25) is 0 Å². The summed E-state index contributed by atoms with van der Waals surface area (Å²) in [4.78, 5) is 1.51. The minimum atomic E-state index is 0.767. The second-order valence-electron chi connectivity index (χ2n) is 5.64. The maximum Gasteiger partial charge on any atom is 0.0107 e. The van der Waals surface area contributed by atoms with Crippen LogP contribution in [0.5, 0.6) is 0 Å². The SMILES string of the molecule is CC(C)CNCCCCC1CSc2ccccc21. The maximum absolute atomic E-state index is 3.52. The topological polar surface area (TPSA) is 12.0 Å². The van der Waals surface area contributed by atoms with Crippen LogP contribution in [0.15, 0.2) is 29.2 Å². The number of unbranched alkanes of at least 4 members (excludes halogenated alkanes) is 1. The van der Waals surface area contributed by atoms with Crippen molar-refractivity contribution in [1.82, 2.24) is 5.32 Å². The summed E-state index contributed by atoms with van der Waals surface area (Å²) < 4.78 is 0. The van der Waals surface area contributed by atoms with Crippen molar-refractivity contribution in [2.45, 2.75) is 43.9 Å². The minimum absolute atomic E-state index is 0.767. The number of rotatable bonds is 7. The van der Waals surface area contributed by atoms with Gasteiger partial charge in [-0.1, -0.05) is 38.5 Å². The van der Waals surface area contributed by atoms with E-state index in [0.29, 0.717) is 0 Å². The number of fused-ring (bicyclic) bond motifs is 1. The lowest BCUT2D eigenvalue weighted by atomic mass is 9.95. The van der Waals surface area contributed by atoms with Gasteiger partial charge in [-0.15, -0.1) is 11.8 Å². The Morgan fingerprint density at radius 1 is 1.28 bits per heavy atom. The molecule has 0 aliphatic carbocycles. The van der Waals surface area contributed by atoms with E-state index in [2.05, 4.69) is 43.4 Å². The summed E-state index contributed by atoms with van der Waals surface area (Å²) in [5, 5.41) is 3.52. The van der Waals surface area contributed by atoms with Crippen molar-refractivity contribution >= 4 is 11.8 Å². The van der Waals surface area contributed by atoms with Gasteiger partial charge in [0.05, 0.1) is 0 Å². The lowest BCUT2D eigenvalue weighted by Gasteiger charge is -2.11. The highest BCUT2D eigenvalue weighted by Gasteiger charge is 2.21. The van der Waals surface area contributed by atoms with Crippen LogP contribution in [-0.4, -0.2) is 18.8 Å². The highest BCUT2D eigenvalue weighted by atomic mass is 32.2. The number of hydrogen-bond acceptors (Lipinski definition) is 2. The monoisotopic (exact) mass is 263 g/mol. The molecule has 18 heavy (non-hydrogen) atoms. The summed E-state index contributed by atoms with van der Waals surface area (Å²) in [6.07, 6.45) is 4.02. The summed E-state index contributed by atoms with van der Waals surface area (Å²) in [6.45, 7) is 6.86. The first-order chi connectivity index (χ1) is 8.77. The van der Waals surface area contributed by atoms with Crippen LogP contribution in [0, 0.1) is 5.92 Å². The van der Waals surface area contributed by atoms with Crippen molar-refractivity contribution in [2.24, 2.45) is 5.92 Å². The Bertz CT molecular complexity index is 362. The number of thioether (sulfide) groups is 1. The van der Waals surface area contributed by atoms with E-state index < -0.39 is 0 Å². The van der Waals surface area contributed by atoms with Gasteiger partial charge in [0.15, 0.2) is 0 Å². The summed E-state index contributed by atoms with van der Waals surface area (Å²) in [6, 6.07) is 8.92. The van der Waals surface area contributed by atoms with E-state index in [1.807, 2.05) is 11.8 Å². The second-order valence-corrected chi connectivity index (χ2v) is 6.70. The molecule has 2 rings (SSSR count). The van der Waals surface area contributed by atoms with Gasteiger partial charge < -0.3 is 5.32 Å². The highest BCUT2D eigenvalue weighted by molar-refractivity contribution is 7.99. The smallest absolute Gasteiger partial charge is 0.0107 e. The van der Waals surface area contributed by atoms with Crippen LogP contribution < -0.4 is 5.32 Å². The minimum Gasteiger partial charge on any atom is -0.316 e. The Hall–Kier alpha value is -0.470. The van der Waals surface area contributed by atoms with Crippen molar-refractivity contribution in [3.63, 3.8) is 0 Å². The molecule has 0 bridgehead atoms. The molecule has 1 atom stereocenters. The van der Waals surface area contributed by atoms with Gasteiger partial charge in [-0.2, -0.15) is 0 Å². The Balaban J connectivity index is 1.64. The number of hydrogen-bond donors (Lipinski definition) is 1. The largest absolute Gasteiger partial charge is 0.316 e. The quantitative estimate of drug-likeness (QED) is 0.736. The summed E-state index contributed by atoms with van der Waals surface area (Å²) in [5.41, 5.74) is 1.60. The normalized spacial score (nSPS) is 18.3. The molecule has 2 heteroatoms. The van der Waals surface area contributed by atoms with E-state index in [1.165, 1.54) is 36.5 Å². The third-order valence-corrected chi connectivity index (χ3v) is 4.76. The van der Waals surface area contributed by atoms with Crippen LogP contribution in [0.1, 0.15) is 44.6 Å². The third-order valence-electron chi connectivity index (χ3n) is 3.51. The van der Waals surface area contributed by atoms with Crippen LogP contribution in [-0.2, 0) is 0 Å². The van der Waals surface area contributed by atoms with E-state index in [9.17, 15) is 0 Å². The molecule has 0 radical (unpaired) electrons. The zero-order valence-corrected chi connectivity index (χ0v) is 12.4. The Morgan fingerprint density at radius 2 is 2.11 bits per heavy atom. The maximum atomic E-state index is 3.52. The van der Waals surface area contributed by atoms with E-state index in [1.54, 1.807) is 5.56 Å². The van der Waals surface area contributed by atoms with Gasteiger partial charge in [0.1, 0.15) is 0 Å². The molecule has 1 aliphatic rings. The van der Waals surface area contributed by atoms with Gasteiger partial charge in [-0.05, 0) is 49.4 Å². The van der Waals surface area contributed by atoms with Gasteiger partial charge in [-0.3, -0.25) is 0 Å². The van der Waals surface area contributed by atoms with Gasteiger partial charge in [0.2, 0.25) is 0 Å². The first-order valence-corrected chi connectivity index (χ1v) is 8.18. The van der Waals surface area contributed by atoms with Gasteiger partial charge >= 0.3 is 0 Å². The van der Waals surface area contributed by atoms with Crippen LogP contribution in [0.25, 0.3) is 0 Å². The van der Waals surface area contributed by atoms with Gasteiger partial charge in [0, 0.05) is 10.6 Å². The molecule has 0 aromatic heterocycles. The molecule has 0 saturated heterocycles.